The van der Waals surface area contributed by atoms with Gasteiger partial charge in [-0.25, -0.2) is 4.98 Å². The summed E-state index contributed by atoms with van der Waals surface area (Å²) in [5.74, 6) is 1.42. The normalized spacial score (nSPS) is 15.2. The molecule has 22 heavy (non-hydrogen) atoms. The van der Waals surface area contributed by atoms with Gasteiger partial charge in [-0.3, -0.25) is 5.43 Å². The van der Waals surface area contributed by atoms with Crippen LogP contribution in [0.2, 0.25) is 0 Å². The fourth-order valence-electron chi connectivity index (χ4n) is 2.23. The summed E-state index contributed by atoms with van der Waals surface area (Å²) in [6.45, 7) is 5.02. The van der Waals surface area contributed by atoms with E-state index < -0.39 is 0 Å². The summed E-state index contributed by atoms with van der Waals surface area (Å²) in [5, 5.41) is 4.23. The molecule has 114 valence electrons. The lowest BCUT2D eigenvalue weighted by atomic mass is 10.2. The molecule has 6 heteroatoms. The molecule has 3 rings (SSSR count). The zero-order valence-corrected chi connectivity index (χ0v) is 12.6. The monoisotopic (exact) mass is 297 g/mol. The molecule has 1 aromatic heterocycles. The molecular formula is C16H19N5O. The van der Waals surface area contributed by atoms with Gasteiger partial charge in [0, 0.05) is 24.8 Å². The van der Waals surface area contributed by atoms with Crippen LogP contribution >= 0.6 is 0 Å². The van der Waals surface area contributed by atoms with Crippen LogP contribution < -0.4 is 10.3 Å². The third kappa shape index (κ3) is 3.79. The number of aromatic nitrogens is 2. The summed E-state index contributed by atoms with van der Waals surface area (Å²) in [6, 6.07) is 11.8. The molecule has 0 spiro atoms. The number of anilines is 2. The predicted molar refractivity (Wildman–Crippen MR) is 87.5 cm³/mol. The highest BCUT2D eigenvalue weighted by Gasteiger charge is 2.14. The van der Waals surface area contributed by atoms with E-state index in [0.29, 0.717) is 19.0 Å². The number of hydrazone groups is 1. The van der Waals surface area contributed by atoms with Crippen molar-refractivity contribution in [1.29, 1.82) is 0 Å². The molecule has 2 heterocycles. The molecule has 1 fully saturated rings. The Morgan fingerprint density at radius 1 is 1.18 bits per heavy atom. The van der Waals surface area contributed by atoms with E-state index >= 15 is 0 Å². The van der Waals surface area contributed by atoms with Crippen molar-refractivity contribution >= 4 is 18.0 Å². The highest BCUT2D eigenvalue weighted by Crippen LogP contribution is 2.15. The first-order valence-corrected chi connectivity index (χ1v) is 7.34. The predicted octanol–water partition coefficient (Wildman–Crippen LogP) is 2.07. The smallest absolute Gasteiger partial charge is 0.227 e. The number of rotatable bonds is 4. The van der Waals surface area contributed by atoms with Gasteiger partial charge in [0.15, 0.2) is 5.82 Å². The molecule has 1 aliphatic heterocycles. The quantitative estimate of drug-likeness (QED) is 0.691. The van der Waals surface area contributed by atoms with Gasteiger partial charge in [-0.2, -0.15) is 10.1 Å². The van der Waals surface area contributed by atoms with Gasteiger partial charge in [-0.15, -0.1) is 0 Å². The molecule has 1 aliphatic rings. The maximum Gasteiger partial charge on any atom is 0.227 e. The zero-order chi connectivity index (χ0) is 15.2. The minimum absolute atomic E-state index is 0.696. The molecule has 1 N–H and O–H groups in total. The second-order valence-corrected chi connectivity index (χ2v) is 5.07. The third-order valence-corrected chi connectivity index (χ3v) is 3.33. The van der Waals surface area contributed by atoms with Crippen LogP contribution in [0, 0.1) is 6.92 Å². The van der Waals surface area contributed by atoms with Crippen molar-refractivity contribution in [2.45, 2.75) is 6.92 Å². The van der Waals surface area contributed by atoms with Crippen molar-refractivity contribution in [3.05, 3.63) is 47.7 Å². The number of hydrogen-bond acceptors (Lipinski definition) is 6. The number of morpholine rings is 1. The summed E-state index contributed by atoms with van der Waals surface area (Å²) in [7, 11) is 0. The molecule has 0 unspecified atom stereocenters. The number of hydrogen-bond donors (Lipinski definition) is 1. The molecule has 0 bridgehead atoms. The van der Waals surface area contributed by atoms with Gasteiger partial charge in [-0.05, 0) is 12.5 Å². The molecule has 0 radical (unpaired) electrons. The van der Waals surface area contributed by atoms with Crippen LogP contribution in [-0.2, 0) is 4.74 Å². The van der Waals surface area contributed by atoms with Crippen molar-refractivity contribution in [2.24, 2.45) is 5.10 Å². The minimum atomic E-state index is 0.696. The van der Waals surface area contributed by atoms with Crippen molar-refractivity contribution < 1.29 is 4.74 Å². The van der Waals surface area contributed by atoms with Crippen molar-refractivity contribution in [3.8, 4) is 0 Å². The van der Waals surface area contributed by atoms with E-state index in [1.165, 1.54) is 0 Å². The number of aryl methyl sites for hydroxylation is 1. The summed E-state index contributed by atoms with van der Waals surface area (Å²) in [6.07, 6.45) is 1.77. The Hall–Kier alpha value is -2.47. The van der Waals surface area contributed by atoms with Gasteiger partial charge < -0.3 is 9.64 Å². The van der Waals surface area contributed by atoms with Crippen LogP contribution in [0.25, 0.3) is 0 Å². The molecule has 2 aromatic rings. The average Bonchev–Trinajstić information content (AvgIpc) is 2.56. The van der Waals surface area contributed by atoms with Crippen molar-refractivity contribution in [1.82, 2.24) is 9.97 Å². The van der Waals surface area contributed by atoms with Gasteiger partial charge >= 0.3 is 0 Å². The van der Waals surface area contributed by atoms with Crippen LogP contribution in [0.5, 0.6) is 0 Å². The number of benzene rings is 1. The fraction of sp³-hybridized carbons (Fsp3) is 0.312. The zero-order valence-electron chi connectivity index (χ0n) is 12.6. The Balaban J connectivity index is 1.70. The lowest BCUT2D eigenvalue weighted by Crippen LogP contribution is -2.37. The van der Waals surface area contributed by atoms with Crippen LogP contribution in [0.15, 0.2) is 41.5 Å². The molecule has 0 amide bonds. The lowest BCUT2D eigenvalue weighted by Gasteiger charge is -2.27. The van der Waals surface area contributed by atoms with E-state index in [4.69, 9.17) is 4.74 Å². The molecule has 6 nitrogen and oxygen atoms in total. The lowest BCUT2D eigenvalue weighted by molar-refractivity contribution is 0.122. The standard InChI is InChI=1S/C16H19N5O/c1-13-11-15(20-17-12-14-5-3-2-4-6-14)19-16(18-13)21-7-9-22-10-8-21/h2-6,11-12H,7-10H2,1H3,(H,18,19,20)/b17-12+. The highest BCUT2D eigenvalue weighted by molar-refractivity contribution is 5.79. The molecule has 1 aromatic carbocycles. The van der Waals surface area contributed by atoms with Crippen LogP contribution in [0.3, 0.4) is 0 Å². The Kier molecular flexibility index (Phi) is 4.60. The largest absolute Gasteiger partial charge is 0.378 e. The first-order chi connectivity index (χ1) is 10.8. The Labute approximate surface area is 129 Å². The first kappa shape index (κ1) is 14.5. The average molecular weight is 297 g/mol. The highest BCUT2D eigenvalue weighted by atomic mass is 16.5. The van der Waals surface area contributed by atoms with Crippen molar-refractivity contribution in [2.75, 3.05) is 36.6 Å². The van der Waals surface area contributed by atoms with E-state index in [9.17, 15) is 0 Å². The Morgan fingerprint density at radius 2 is 1.95 bits per heavy atom. The van der Waals surface area contributed by atoms with Crippen LogP contribution in [0.1, 0.15) is 11.3 Å². The van der Waals surface area contributed by atoms with E-state index in [1.54, 1.807) is 6.21 Å². The van der Waals surface area contributed by atoms with E-state index in [1.807, 2.05) is 43.3 Å². The second kappa shape index (κ2) is 7.00. The van der Waals surface area contributed by atoms with Gasteiger partial charge in [0.1, 0.15) is 0 Å². The Bertz CT molecular complexity index is 638. The van der Waals surface area contributed by atoms with Gasteiger partial charge in [0.25, 0.3) is 0 Å². The minimum Gasteiger partial charge on any atom is -0.378 e. The molecule has 0 atom stereocenters. The maximum atomic E-state index is 5.36. The van der Waals surface area contributed by atoms with Gasteiger partial charge in [0.05, 0.1) is 19.4 Å². The number of nitrogens with one attached hydrogen (secondary N) is 1. The first-order valence-electron chi connectivity index (χ1n) is 7.34. The van der Waals surface area contributed by atoms with Crippen molar-refractivity contribution in [3.63, 3.8) is 0 Å². The second-order valence-electron chi connectivity index (χ2n) is 5.07. The molecule has 0 aliphatic carbocycles. The van der Waals surface area contributed by atoms with Crippen LogP contribution in [-0.4, -0.2) is 42.5 Å². The molecular weight excluding hydrogens is 278 g/mol. The maximum absolute atomic E-state index is 5.36. The fourth-order valence-corrected chi connectivity index (χ4v) is 2.23. The molecule has 0 saturated carbocycles. The Morgan fingerprint density at radius 3 is 2.73 bits per heavy atom. The van der Waals surface area contributed by atoms with Gasteiger partial charge in [0.2, 0.25) is 5.95 Å². The summed E-state index contributed by atoms with van der Waals surface area (Å²) in [5.41, 5.74) is 4.92. The third-order valence-electron chi connectivity index (χ3n) is 3.33. The summed E-state index contributed by atoms with van der Waals surface area (Å²) < 4.78 is 5.36. The number of ether oxygens (including phenoxy) is 1. The van der Waals surface area contributed by atoms with Gasteiger partial charge in [-0.1, -0.05) is 30.3 Å². The SMILES string of the molecule is Cc1cc(N/N=C/c2ccccc2)nc(N2CCOCC2)n1. The summed E-state index contributed by atoms with van der Waals surface area (Å²) in [4.78, 5) is 11.1. The number of nitrogens with zero attached hydrogens (tertiary/aromatic N) is 4. The topological polar surface area (TPSA) is 62.6 Å². The summed E-state index contributed by atoms with van der Waals surface area (Å²) >= 11 is 0. The van der Waals surface area contributed by atoms with E-state index in [0.717, 1.165) is 30.3 Å². The molecule has 1 saturated heterocycles. The van der Waals surface area contributed by atoms with Crippen LogP contribution in [0.4, 0.5) is 11.8 Å². The van der Waals surface area contributed by atoms with E-state index in [-0.39, 0.29) is 0 Å². The van der Waals surface area contributed by atoms with E-state index in [2.05, 4.69) is 25.4 Å².